The maximum absolute atomic E-state index is 5.84. The fourth-order valence-electron chi connectivity index (χ4n) is 2.20. The maximum Gasteiger partial charge on any atom is 0.118 e. The molecule has 3 rings (SSSR count). The first kappa shape index (κ1) is 13.8. The van der Waals surface area contributed by atoms with Gasteiger partial charge < -0.3 is 9.73 Å². The van der Waals surface area contributed by atoms with Gasteiger partial charge in [0.25, 0.3) is 0 Å². The molecule has 0 spiro atoms. The van der Waals surface area contributed by atoms with Gasteiger partial charge in [0, 0.05) is 11.8 Å². The van der Waals surface area contributed by atoms with Crippen LogP contribution in [-0.4, -0.2) is 6.04 Å². The standard InChI is InChI=1S/C17H21NOS/c1-13-3-2-4-14(9-13)11-20-12-17-8-7-16(19-17)10-18-15-5-6-15/h2-4,7-9,15,18H,5-6,10-12H2,1H3. The topological polar surface area (TPSA) is 25.2 Å². The third-order valence-electron chi connectivity index (χ3n) is 3.46. The van der Waals surface area contributed by atoms with Crippen LogP contribution in [0.5, 0.6) is 0 Å². The smallest absolute Gasteiger partial charge is 0.118 e. The number of furan rings is 1. The predicted molar refractivity (Wildman–Crippen MR) is 84.7 cm³/mol. The van der Waals surface area contributed by atoms with Crippen LogP contribution in [0.3, 0.4) is 0 Å². The minimum Gasteiger partial charge on any atom is -0.464 e. The Morgan fingerprint density at radius 2 is 2.00 bits per heavy atom. The summed E-state index contributed by atoms with van der Waals surface area (Å²) in [6, 6.07) is 13.6. The second-order valence-electron chi connectivity index (χ2n) is 5.51. The first-order valence-electron chi connectivity index (χ1n) is 7.24. The van der Waals surface area contributed by atoms with Crippen molar-refractivity contribution in [2.45, 2.75) is 43.9 Å². The Balaban J connectivity index is 1.43. The van der Waals surface area contributed by atoms with E-state index in [1.54, 1.807) is 0 Å². The Morgan fingerprint density at radius 3 is 2.80 bits per heavy atom. The molecule has 1 saturated carbocycles. The van der Waals surface area contributed by atoms with Gasteiger partial charge in [0.1, 0.15) is 11.5 Å². The molecule has 1 aliphatic carbocycles. The van der Waals surface area contributed by atoms with E-state index >= 15 is 0 Å². The van der Waals surface area contributed by atoms with Crippen molar-refractivity contribution in [2.75, 3.05) is 0 Å². The van der Waals surface area contributed by atoms with Gasteiger partial charge >= 0.3 is 0 Å². The van der Waals surface area contributed by atoms with Crippen molar-refractivity contribution in [1.82, 2.24) is 5.32 Å². The van der Waals surface area contributed by atoms with Crippen molar-refractivity contribution in [2.24, 2.45) is 0 Å². The van der Waals surface area contributed by atoms with E-state index < -0.39 is 0 Å². The highest BCUT2D eigenvalue weighted by atomic mass is 32.2. The Kier molecular flexibility index (Phi) is 4.48. The highest BCUT2D eigenvalue weighted by Gasteiger charge is 2.20. The lowest BCUT2D eigenvalue weighted by Crippen LogP contribution is -2.14. The molecule has 0 unspecified atom stereocenters. The van der Waals surface area contributed by atoms with E-state index in [0.717, 1.165) is 35.6 Å². The van der Waals surface area contributed by atoms with Crippen LogP contribution in [0, 0.1) is 6.92 Å². The van der Waals surface area contributed by atoms with Crippen LogP contribution < -0.4 is 5.32 Å². The molecule has 20 heavy (non-hydrogen) atoms. The van der Waals surface area contributed by atoms with Crippen molar-refractivity contribution in [3.8, 4) is 0 Å². The van der Waals surface area contributed by atoms with Gasteiger partial charge in [0.15, 0.2) is 0 Å². The zero-order chi connectivity index (χ0) is 13.8. The van der Waals surface area contributed by atoms with Crippen LogP contribution in [0.15, 0.2) is 40.8 Å². The summed E-state index contributed by atoms with van der Waals surface area (Å²) in [5, 5.41) is 3.47. The van der Waals surface area contributed by atoms with Gasteiger partial charge in [0.05, 0.1) is 12.3 Å². The van der Waals surface area contributed by atoms with Crippen molar-refractivity contribution in [3.05, 3.63) is 59.0 Å². The fraction of sp³-hybridized carbons (Fsp3) is 0.412. The molecule has 1 fully saturated rings. The van der Waals surface area contributed by atoms with Gasteiger partial charge in [-0.3, -0.25) is 0 Å². The summed E-state index contributed by atoms with van der Waals surface area (Å²) < 4.78 is 5.84. The summed E-state index contributed by atoms with van der Waals surface area (Å²) >= 11 is 1.90. The third kappa shape index (κ3) is 4.15. The molecule has 3 heteroatoms. The zero-order valence-electron chi connectivity index (χ0n) is 11.9. The monoisotopic (exact) mass is 287 g/mol. The molecule has 0 saturated heterocycles. The predicted octanol–water partition coefficient (Wildman–Crippen LogP) is 4.27. The largest absolute Gasteiger partial charge is 0.464 e. The first-order valence-corrected chi connectivity index (χ1v) is 8.39. The summed E-state index contributed by atoms with van der Waals surface area (Å²) in [6.07, 6.45) is 2.64. The highest BCUT2D eigenvalue weighted by Crippen LogP contribution is 2.22. The van der Waals surface area contributed by atoms with E-state index in [9.17, 15) is 0 Å². The van der Waals surface area contributed by atoms with Crippen LogP contribution >= 0.6 is 11.8 Å². The Morgan fingerprint density at radius 1 is 1.15 bits per heavy atom. The van der Waals surface area contributed by atoms with Crippen molar-refractivity contribution < 1.29 is 4.42 Å². The molecule has 1 aromatic carbocycles. The van der Waals surface area contributed by atoms with Crippen molar-refractivity contribution >= 4 is 11.8 Å². The number of rotatable bonds is 7. The van der Waals surface area contributed by atoms with E-state index in [1.807, 2.05) is 11.8 Å². The molecule has 2 aromatic rings. The highest BCUT2D eigenvalue weighted by molar-refractivity contribution is 7.97. The van der Waals surface area contributed by atoms with Gasteiger partial charge in [0.2, 0.25) is 0 Å². The van der Waals surface area contributed by atoms with Gasteiger partial charge in [-0.2, -0.15) is 0 Å². The van der Waals surface area contributed by atoms with E-state index in [-0.39, 0.29) is 0 Å². The van der Waals surface area contributed by atoms with Crippen LogP contribution in [0.2, 0.25) is 0 Å². The normalized spacial score (nSPS) is 14.7. The SMILES string of the molecule is Cc1cccc(CSCc2ccc(CNC3CC3)o2)c1. The quantitative estimate of drug-likeness (QED) is 0.823. The van der Waals surface area contributed by atoms with Crippen LogP contribution in [-0.2, 0) is 18.1 Å². The number of aryl methyl sites for hydroxylation is 1. The van der Waals surface area contributed by atoms with E-state index in [2.05, 4.69) is 48.6 Å². The molecule has 0 atom stereocenters. The molecule has 1 aromatic heterocycles. The molecule has 1 heterocycles. The molecule has 106 valence electrons. The molecule has 0 amide bonds. The molecule has 1 N–H and O–H groups in total. The maximum atomic E-state index is 5.84. The summed E-state index contributed by atoms with van der Waals surface area (Å²) in [6.45, 7) is 3.01. The second-order valence-corrected chi connectivity index (χ2v) is 6.49. The first-order chi connectivity index (χ1) is 9.79. The molecular weight excluding hydrogens is 266 g/mol. The lowest BCUT2D eigenvalue weighted by Gasteiger charge is -2.02. The molecule has 0 aliphatic heterocycles. The molecular formula is C17H21NOS. The van der Waals surface area contributed by atoms with Gasteiger partial charge in [-0.15, -0.1) is 11.8 Å². The lowest BCUT2D eigenvalue weighted by atomic mass is 10.2. The second kappa shape index (κ2) is 6.51. The van der Waals surface area contributed by atoms with Gasteiger partial charge in [-0.05, 0) is 37.5 Å². The average Bonchev–Trinajstić information content (AvgIpc) is 3.16. The van der Waals surface area contributed by atoms with Crippen LogP contribution in [0.1, 0.15) is 35.5 Å². The minimum atomic E-state index is 0.735. The minimum absolute atomic E-state index is 0.735. The van der Waals surface area contributed by atoms with Crippen LogP contribution in [0.25, 0.3) is 0 Å². The third-order valence-corrected chi connectivity index (χ3v) is 4.48. The van der Waals surface area contributed by atoms with Gasteiger partial charge in [-0.1, -0.05) is 29.8 Å². The zero-order valence-corrected chi connectivity index (χ0v) is 12.7. The summed E-state index contributed by atoms with van der Waals surface area (Å²) in [7, 11) is 0. The van der Waals surface area contributed by atoms with Crippen LogP contribution in [0.4, 0.5) is 0 Å². The van der Waals surface area contributed by atoms with E-state index in [4.69, 9.17) is 4.42 Å². The van der Waals surface area contributed by atoms with E-state index in [1.165, 1.54) is 24.0 Å². The number of hydrogen-bond donors (Lipinski definition) is 1. The average molecular weight is 287 g/mol. The Labute approximate surface area is 125 Å². The molecule has 0 radical (unpaired) electrons. The molecule has 1 aliphatic rings. The molecule has 0 bridgehead atoms. The number of hydrogen-bond acceptors (Lipinski definition) is 3. The fourth-order valence-corrected chi connectivity index (χ4v) is 3.07. The summed E-state index contributed by atoms with van der Waals surface area (Å²) in [5.74, 6) is 4.12. The Hall–Kier alpha value is -1.19. The number of thioether (sulfide) groups is 1. The number of benzene rings is 1. The van der Waals surface area contributed by atoms with Gasteiger partial charge in [-0.25, -0.2) is 0 Å². The summed E-state index contributed by atoms with van der Waals surface area (Å²) in [4.78, 5) is 0. The molecule has 2 nitrogen and oxygen atoms in total. The number of nitrogens with one attached hydrogen (secondary N) is 1. The van der Waals surface area contributed by atoms with Crippen molar-refractivity contribution in [3.63, 3.8) is 0 Å². The van der Waals surface area contributed by atoms with Crippen molar-refractivity contribution in [1.29, 1.82) is 0 Å². The summed E-state index contributed by atoms with van der Waals surface area (Å²) in [5.41, 5.74) is 2.71. The Bertz CT molecular complexity index is 560. The lowest BCUT2D eigenvalue weighted by molar-refractivity contribution is 0.458. The van der Waals surface area contributed by atoms with E-state index in [0.29, 0.717) is 0 Å².